The molecule has 2 aliphatic heterocycles. The maximum atomic E-state index is 13.5. The van der Waals surface area contributed by atoms with Crippen molar-refractivity contribution in [3.63, 3.8) is 0 Å². The summed E-state index contributed by atoms with van der Waals surface area (Å²) in [5.41, 5.74) is -0.319. The molecule has 1 aliphatic carbocycles. The van der Waals surface area contributed by atoms with Crippen LogP contribution in [-0.4, -0.2) is 53.4 Å². The van der Waals surface area contributed by atoms with Gasteiger partial charge in [-0.2, -0.15) is 13.2 Å². The van der Waals surface area contributed by atoms with E-state index < -0.39 is 17.2 Å². The SMILES string of the molecule is CNC(=O)N1CC2CCCC2(C(=O)N2CCc3ncc(C(F)(F)F)cc3C2)C1. The molecule has 3 heterocycles. The number of hydrogen-bond acceptors (Lipinski definition) is 3. The van der Waals surface area contributed by atoms with Gasteiger partial charge in [-0.15, -0.1) is 0 Å². The lowest BCUT2D eigenvalue weighted by atomic mass is 9.79. The van der Waals surface area contributed by atoms with Gasteiger partial charge in [0.2, 0.25) is 5.91 Å². The van der Waals surface area contributed by atoms with Crippen molar-refractivity contribution in [2.24, 2.45) is 11.3 Å². The van der Waals surface area contributed by atoms with Crippen LogP contribution in [0.5, 0.6) is 0 Å². The first-order valence-electron chi connectivity index (χ1n) is 9.55. The van der Waals surface area contributed by atoms with Crippen molar-refractivity contribution in [3.05, 3.63) is 29.1 Å². The fourth-order valence-corrected chi connectivity index (χ4v) is 5.02. The largest absolute Gasteiger partial charge is 0.417 e. The lowest BCUT2D eigenvalue weighted by Gasteiger charge is -2.37. The molecule has 3 aliphatic rings. The Kier molecular flexibility index (Phi) is 4.50. The summed E-state index contributed by atoms with van der Waals surface area (Å²) >= 11 is 0. The fraction of sp³-hybridized carbons (Fsp3) is 0.632. The number of likely N-dealkylation sites (tertiary alicyclic amines) is 1. The minimum absolute atomic E-state index is 0.0375. The molecule has 6 nitrogen and oxygen atoms in total. The highest BCUT2D eigenvalue weighted by atomic mass is 19.4. The number of aromatic nitrogens is 1. The smallest absolute Gasteiger partial charge is 0.341 e. The van der Waals surface area contributed by atoms with E-state index in [4.69, 9.17) is 0 Å². The summed E-state index contributed by atoms with van der Waals surface area (Å²) in [6.07, 6.45) is -0.609. The van der Waals surface area contributed by atoms with Crippen LogP contribution in [-0.2, 0) is 23.9 Å². The molecule has 9 heteroatoms. The third-order valence-corrected chi connectivity index (χ3v) is 6.45. The van der Waals surface area contributed by atoms with E-state index in [1.807, 2.05) is 0 Å². The quantitative estimate of drug-likeness (QED) is 0.793. The van der Waals surface area contributed by atoms with Gasteiger partial charge in [-0.3, -0.25) is 9.78 Å². The maximum Gasteiger partial charge on any atom is 0.417 e. The summed E-state index contributed by atoms with van der Waals surface area (Å²) in [6, 6.07) is 0.918. The lowest BCUT2D eigenvalue weighted by Crippen LogP contribution is -2.49. The zero-order chi connectivity index (χ0) is 20.1. The van der Waals surface area contributed by atoms with Gasteiger partial charge in [-0.25, -0.2) is 4.79 Å². The lowest BCUT2D eigenvalue weighted by molar-refractivity contribution is -0.143. The summed E-state index contributed by atoms with van der Waals surface area (Å²) < 4.78 is 39.1. The molecule has 0 spiro atoms. The van der Waals surface area contributed by atoms with Crippen molar-refractivity contribution in [2.75, 3.05) is 26.7 Å². The highest BCUT2D eigenvalue weighted by Gasteiger charge is 2.56. The highest BCUT2D eigenvalue weighted by molar-refractivity contribution is 5.86. The minimum Gasteiger partial charge on any atom is -0.341 e. The summed E-state index contributed by atoms with van der Waals surface area (Å²) in [5.74, 6) is 0.0720. The second kappa shape index (κ2) is 6.63. The number of rotatable bonds is 1. The Bertz CT molecular complexity index is 813. The minimum atomic E-state index is -4.46. The summed E-state index contributed by atoms with van der Waals surface area (Å²) in [4.78, 5) is 32.8. The van der Waals surface area contributed by atoms with E-state index in [-0.39, 0.29) is 24.4 Å². The normalized spacial score (nSPS) is 26.8. The number of alkyl halides is 3. The van der Waals surface area contributed by atoms with Gasteiger partial charge in [0.15, 0.2) is 0 Å². The van der Waals surface area contributed by atoms with Crippen LogP contribution in [0.4, 0.5) is 18.0 Å². The van der Waals surface area contributed by atoms with Crippen LogP contribution in [0, 0.1) is 11.3 Å². The number of urea groups is 1. The molecule has 3 amide bonds. The van der Waals surface area contributed by atoms with Crippen LogP contribution in [0.25, 0.3) is 0 Å². The van der Waals surface area contributed by atoms with E-state index in [9.17, 15) is 22.8 Å². The van der Waals surface area contributed by atoms with Gasteiger partial charge in [0.05, 0.1) is 11.0 Å². The van der Waals surface area contributed by atoms with Gasteiger partial charge in [-0.1, -0.05) is 6.42 Å². The molecule has 2 atom stereocenters. The van der Waals surface area contributed by atoms with Crippen molar-refractivity contribution in [1.82, 2.24) is 20.1 Å². The van der Waals surface area contributed by atoms with Crippen molar-refractivity contribution in [2.45, 2.75) is 38.4 Å². The molecule has 1 saturated heterocycles. The number of carbonyl (C=O) groups excluding carboxylic acids is 2. The number of halogens is 3. The van der Waals surface area contributed by atoms with Crippen LogP contribution < -0.4 is 5.32 Å². The van der Waals surface area contributed by atoms with E-state index in [0.717, 1.165) is 25.1 Å². The Morgan fingerprint density at radius 2 is 2.11 bits per heavy atom. The van der Waals surface area contributed by atoms with Crippen molar-refractivity contribution < 1.29 is 22.8 Å². The molecular formula is C19H23F3N4O2. The molecule has 152 valence electrons. The predicted octanol–water partition coefficient (Wildman–Crippen LogP) is 2.43. The molecule has 1 aromatic heterocycles. The fourth-order valence-electron chi connectivity index (χ4n) is 5.02. The summed E-state index contributed by atoms with van der Waals surface area (Å²) in [7, 11) is 1.57. The Balaban J connectivity index is 1.57. The molecule has 0 aromatic carbocycles. The third-order valence-electron chi connectivity index (χ3n) is 6.45. The summed E-state index contributed by atoms with van der Waals surface area (Å²) in [6.45, 7) is 1.51. The molecule has 2 unspecified atom stereocenters. The summed E-state index contributed by atoms with van der Waals surface area (Å²) in [5, 5.41) is 2.61. The van der Waals surface area contributed by atoms with Crippen molar-refractivity contribution >= 4 is 11.9 Å². The van der Waals surface area contributed by atoms with E-state index in [2.05, 4.69) is 10.3 Å². The van der Waals surface area contributed by atoms with E-state index in [1.165, 1.54) is 0 Å². The number of amides is 3. The van der Waals surface area contributed by atoms with Crippen LogP contribution in [0.3, 0.4) is 0 Å². The van der Waals surface area contributed by atoms with Crippen LogP contribution in [0.2, 0.25) is 0 Å². The van der Waals surface area contributed by atoms with Gasteiger partial charge in [0.25, 0.3) is 0 Å². The monoisotopic (exact) mass is 396 g/mol. The van der Waals surface area contributed by atoms with Gasteiger partial charge in [0.1, 0.15) is 0 Å². The number of hydrogen-bond donors (Lipinski definition) is 1. The molecule has 2 fully saturated rings. The Morgan fingerprint density at radius 3 is 2.82 bits per heavy atom. The second-order valence-corrected chi connectivity index (χ2v) is 7.99. The van der Waals surface area contributed by atoms with E-state index in [0.29, 0.717) is 43.7 Å². The second-order valence-electron chi connectivity index (χ2n) is 7.99. The van der Waals surface area contributed by atoms with Gasteiger partial charge in [-0.05, 0) is 30.4 Å². The topological polar surface area (TPSA) is 65.5 Å². The number of fused-ring (bicyclic) bond motifs is 2. The molecular weight excluding hydrogens is 373 g/mol. The average molecular weight is 396 g/mol. The van der Waals surface area contributed by atoms with Crippen molar-refractivity contribution in [1.29, 1.82) is 0 Å². The number of nitrogens with zero attached hydrogens (tertiary/aromatic N) is 3. The van der Waals surface area contributed by atoms with Crippen LogP contribution in [0.15, 0.2) is 12.3 Å². The first kappa shape index (κ1) is 19.0. The predicted molar refractivity (Wildman–Crippen MR) is 94.2 cm³/mol. The zero-order valence-corrected chi connectivity index (χ0v) is 15.7. The average Bonchev–Trinajstić information content (AvgIpc) is 3.23. The number of pyridine rings is 1. The Labute approximate surface area is 161 Å². The van der Waals surface area contributed by atoms with Gasteiger partial charge in [0, 0.05) is 51.5 Å². The number of nitrogens with one attached hydrogen (secondary N) is 1. The first-order valence-corrected chi connectivity index (χ1v) is 9.55. The Morgan fingerprint density at radius 1 is 1.32 bits per heavy atom. The van der Waals surface area contributed by atoms with E-state index in [1.54, 1.807) is 16.8 Å². The zero-order valence-electron chi connectivity index (χ0n) is 15.7. The van der Waals surface area contributed by atoms with Crippen molar-refractivity contribution in [3.8, 4) is 0 Å². The molecule has 0 radical (unpaired) electrons. The maximum absolute atomic E-state index is 13.5. The van der Waals surface area contributed by atoms with Crippen LogP contribution in [0.1, 0.15) is 36.1 Å². The molecule has 4 rings (SSSR count). The highest BCUT2D eigenvalue weighted by Crippen LogP contribution is 2.50. The van der Waals surface area contributed by atoms with Gasteiger partial charge >= 0.3 is 12.2 Å². The number of carbonyl (C=O) groups is 2. The Hall–Kier alpha value is -2.32. The molecule has 1 saturated carbocycles. The molecule has 1 aromatic rings. The first-order chi connectivity index (χ1) is 13.2. The molecule has 0 bridgehead atoms. The van der Waals surface area contributed by atoms with Gasteiger partial charge < -0.3 is 15.1 Å². The molecule has 1 N–H and O–H groups in total. The molecule has 28 heavy (non-hydrogen) atoms. The standard InChI is InChI=1S/C19H23F3N4O2/c1-23-17(28)26-10-13-3-2-5-18(13,11-26)16(27)25-6-4-15-12(9-25)7-14(8-24-15)19(20,21)22/h7-8,13H,2-6,9-11H2,1H3,(H,23,28). The van der Waals surface area contributed by atoms with E-state index >= 15 is 0 Å². The van der Waals surface area contributed by atoms with Crippen LogP contribution >= 0.6 is 0 Å². The third kappa shape index (κ3) is 3.00.